The van der Waals surface area contributed by atoms with Crippen LogP contribution in [0.3, 0.4) is 0 Å². The summed E-state index contributed by atoms with van der Waals surface area (Å²) >= 11 is 12.5. The van der Waals surface area contributed by atoms with E-state index >= 15 is 0 Å². The molecule has 64 valence electrons. The molecule has 0 aromatic heterocycles. The molecule has 0 bridgehead atoms. The Kier molecular flexibility index (Phi) is 3.81. The molecule has 0 saturated carbocycles. The predicted molar refractivity (Wildman–Crippen MR) is 61.9 cm³/mol. The molecule has 0 radical (unpaired) electrons. The Morgan fingerprint density at radius 2 is 1.67 bits per heavy atom. The summed E-state index contributed by atoms with van der Waals surface area (Å²) in [6, 6.07) is 7.73. The van der Waals surface area contributed by atoms with E-state index in [1.54, 1.807) is 0 Å². The minimum atomic E-state index is 0.761. The lowest BCUT2D eigenvalue weighted by molar-refractivity contribution is 1.58. The normalized spacial score (nSPS) is 9.67. The first-order chi connectivity index (χ1) is 5.61. The largest absolute Gasteiger partial charge is 0.0843 e. The zero-order chi connectivity index (χ0) is 9.14. The highest BCUT2D eigenvalue weighted by Gasteiger charge is 1.98. The van der Waals surface area contributed by atoms with Gasteiger partial charge in [-0.25, -0.2) is 0 Å². The van der Waals surface area contributed by atoms with E-state index in [0.29, 0.717) is 0 Å². The van der Waals surface area contributed by atoms with E-state index in [1.807, 2.05) is 31.2 Å². The SMILES string of the molecule is CC(=C(Br)Br)c1ccc(Cl)cc1. The number of hydrogen-bond acceptors (Lipinski definition) is 0. The maximum atomic E-state index is 5.76. The van der Waals surface area contributed by atoms with Gasteiger partial charge in [0, 0.05) is 5.02 Å². The summed E-state index contributed by atoms with van der Waals surface area (Å²) in [5, 5.41) is 0.761. The lowest BCUT2D eigenvalue weighted by Gasteiger charge is -2.01. The molecule has 12 heavy (non-hydrogen) atoms. The quantitative estimate of drug-likeness (QED) is 0.698. The third-order valence-electron chi connectivity index (χ3n) is 1.56. The van der Waals surface area contributed by atoms with Crippen molar-refractivity contribution in [3.8, 4) is 0 Å². The van der Waals surface area contributed by atoms with Crippen LogP contribution < -0.4 is 0 Å². The molecule has 3 heteroatoms. The topological polar surface area (TPSA) is 0 Å². The second-order valence-corrected chi connectivity index (χ2v) is 5.48. The third kappa shape index (κ3) is 2.61. The summed E-state index contributed by atoms with van der Waals surface area (Å²) in [5.74, 6) is 0. The van der Waals surface area contributed by atoms with Crippen LogP contribution in [0.15, 0.2) is 27.7 Å². The molecule has 1 aromatic carbocycles. The van der Waals surface area contributed by atoms with E-state index in [1.165, 1.54) is 0 Å². The first-order valence-corrected chi connectivity index (χ1v) is 5.35. The molecule has 0 nitrogen and oxygen atoms in total. The molecule has 0 aliphatic heterocycles. The monoisotopic (exact) mass is 308 g/mol. The Balaban J connectivity index is 3.06. The average Bonchev–Trinajstić information content (AvgIpc) is 2.04. The Hall–Kier alpha value is 0.210. The molecule has 0 spiro atoms. The fourth-order valence-corrected chi connectivity index (χ4v) is 1.39. The van der Waals surface area contributed by atoms with Crippen LogP contribution in [0.4, 0.5) is 0 Å². The van der Waals surface area contributed by atoms with Gasteiger partial charge in [0.15, 0.2) is 0 Å². The van der Waals surface area contributed by atoms with Gasteiger partial charge < -0.3 is 0 Å². The fourth-order valence-electron chi connectivity index (χ4n) is 0.809. The van der Waals surface area contributed by atoms with Crippen LogP contribution in [0, 0.1) is 0 Å². The van der Waals surface area contributed by atoms with Crippen LogP contribution in [0.2, 0.25) is 5.02 Å². The van der Waals surface area contributed by atoms with Crippen LogP contribution in [-0.4, -0.2) is 0 Å². The molecule has 1 aromatic rings. The highest BCUT2D eigenvalue weighted by Crippen LogP contribution is 2.27. The summed E-state index contributed by atoms with van der Waals surface area (Å²) in [5.41, 5.74) is 2.31. The standard InChI is InChI=1S/C9H7Br2Cl/c1-6(9(10)11)7-2-4-8(12)5-3-7/h2-5H,1H3. The third-order valence-corrected chi connectivity index (χ3v) is 3.00. The van der Waals surface area contributed by atoms with Crippen molar-refractivity contribution in [1.29, 1.82) is 0 Å². The predicted octanol–water partition coefficient (Wildman–Crippen LogP) is 4.82. The molecule has 0 fully saturated rings. The Morgan fingerprint density at radius 1 is 1.17 bits per heavy atom. The molecule has 0 unspecified atom stereocenters. The minimum Gasteiger partial charge on any atom is -0.0843 e. The first kappa shape index (κ1) is 10.3. The summed E-state index contributed by atoms with van der Waals surface area (Å²) < 4.78 is 0.970. The van der Waals surface area contributed by atoms with E-state index in [0.717, 1.165) is 19.6 Å². The number of hydrogen-bond donors (Lipinski definition) is 0. The van der Waals surface area contributed by atoms with Crippen molar-refractivity contribution >= 4 is 49.0 Å². The van der Waals surface area contributed by atoms with E-state index in [2.05, 4.69) is 31.9 Å². The van der Waals surface area contributed by atoms with Crippen molar-refractivity contribution in [3.05, 3.63) is 38.2 Å². The van der Waals surface area contributed by atoms with E-state index in [4.69, 9.17) is 11.6 Å². The molecule has 0 amide bonds. The van der Waals surface area contributed by atoms with Crippen molar-refractivity contribution in [2.24, 2.45) is 0 Å². The van der Waals surface area contributed by atoms with Gasteiger partial charge in [-0.05, 0) is 62.1 Å². The van der Waals surface area contributed by atoms with Gasteiger partial charge in [-0.2, -0.15) is 0 Å². The van der Waals surface area contributed by atoms with E-state index in [9.17, 15) is 0 Å². The van der Waals surface area contributed by atoms with E-state index in [-0.39, 0.29) is 0 Å². The summed E-state index contributed by atoms with van der Waals surface area (Å²) in [7, 11) is 0. The highest BCUT2D eigenvalue weighted by molar-refractivity contribution is 9.28. The van der Waals surface area contributed by atoms with Gasteiger partial charge in [0.05, 0.1) is 3.39 Å². The molecular weight excluding hydrogens is 303 g/mol. The van der Waals surface area contributed by atoms with Gasteiger partial charge in [-0.15, -0.1) is 0 Å². The molecule has 0 aliphatic carbocycles. The molecule has 0 atom stereocenters. The van der Waals surface area contributed by atoms with Crippen molar-refractivity contribution in [2.75, 3.05) is 0 Å². The first-order valence-electron chi connectivity index (χ1n) is 3.39. The van der Waals surface area contributed by atoms with Gasteiger partial charge >= 0.3 is 0 Å². The van der Waals surface area contributed by atoms with Crippen LogP contribution in [0.1, 0.15) is 12.5 Å². The molecule has 0 saturated heterocycles. The second-order valence-electron chi connectivity index (χ2n) is 2.39. The molecule has 1 rings (SSSR count). The number of halogens is 3. The van der Waals surface area contributed by atoms with Gasteiger partial charge in [0.25, 0.3) is 0 Å². The van der Waals surface area contributed by atoms with Gasteiger partial charge in [0.1, 0.15) is 0 Å². The average molecular weight is 310 g/mol. The molecule has 0 aliphatic rings. The highest BCUT2D eigenvalue weighted by atomic mass is 79.9. The summed E-state index contributed by atoms with van der Waals surface area (Å²) in [6.07, 6.45) is 0. The summed E-state index contributed by atoms with van der Waals surface area (Å²) in [4.78, 5) is 0. The maximum absolute atomic E-state index is 5.76. The minimum absolute atomic E-state index is 0.761. The fraction of sp³-hybridized carbons (Fsp3) is 0.111. The number of allylic oxidation sites excluding steroid dienone is 1. The second kappa shape index (κ2) is 4.45. The lowest BCUT2D eigenvalue weighted by atomic mass is 10.1. The van der Waals surface area contributed by atoms with Crippen molar-refractivity contribution in [3.63, 3.8) is 0 Å². The smallest absolute Gasteiger partial charge is 0.0639 e. The summed E-state index contributed by atoms with van der Waals surface area (Å²) in [6.45, 7) is 2.03. The van der Waals surface area contributed by atoms with Gasteiger partial charge in [-0.1, -0.05) is 23.7 Å². The van der Waals surface area contributed by atoms with E-state index < -0.39 is 0 Å². The Bertz CT molecular complexity index is 297. The van der Waals surface area contributed by atoms with Crippen LogP contribution >= 0.6 is 43.5 Å². The van der Waals surface area contributed by atoms with Crippen molar-refractivity contribution in [1.82, 2.24) is 0 Å². The Morgan fingerprint density at radius 3 is 2.08 bits per heavy atom. The molecule has 0 heterocycles. The van der Waals surface area contributed by atoms with Crippen molar-refractivity contribution in [2.45, 2.75) is 6.92 Å². The number of rotatable bonds is 1. The maximum Gasteiger partial charge on any atom is 0.0639 e. The zero-order valence-corrected chi connectivity index (χ0v) is 10.4. The van der Waals surface area contributed by atoms with Crippen LogP contribution in [0.5, 0.6) is 0 Å². The number of benzene rings is 1. The van der Waals surface area contributed by atoms with Gasteiger partial charge in [0.2, 0.25) is 0 Å². The Labute approximate surface area is 93.9 Å². The lowest BCUT2D eigenvalue weighted by Crippen LogP contribution is -1.78. The zero-order valence-electron chi connectivity index (χ0n) is 6.44. The van der Waals surface area contributed by atoms with Crippen LogP contribution in [0.25, 0.3) is 5.57 Å². The van der Waals surface area contributed by atoms with Crippen LogP contribution in [-0.2, 0) is 0 Å². The van der Waals surface area contributed by atoms with Gasteiger partial charge in [-0.3, -0.25) is 0 Å². The molecular formula is C9H7Br2Cl. The molecule has 0 N–H and O–H groups in total. The van der Waals surface area contributed by atoms with Crippen molar-refractivity contribution < 1.29 is 0 Å².